The zero-order valence-corrected chi connectivity index (χ0v) is 13.3. The molecular weight excluding hydrogens is 284 g/mol. The van der Waals surface area contributed by atoms with E-state index in [4.69, 9.17) is 4.42 Å². The lowest BCUT2D eigenvalue weighted by atomic mass is 9.76. The Morgan fingerprint density at radius 1 is 1.36 bits per heavy atom. The minimum absolute atomic E-state index is 0.164. The smallest absolute Gasteiger partial charge is 0.320 e. The lowest BCUT2D eigenvalue weighted by Gasteiger charge is -2.38. The predicted molar refractivity (Wildman–Crippen MR) is 79.3 cm³/mol. The molecule has 0 bridgehead atoms. The number of hydrogen-bond donors (Lipinski definition) is 1. The summed E-state index contributed by atoms with van der Waals surface area (Å²) in [6, 6.07) is -0.324. The maximum absolute atomic E-state index is 11.3. The average molecular weight is 308 g/mol. The average Bonchev–Trinajstić information content (AvgIpc) is 3.07. The summed E-state index contributed by atoms with van der Waals surface area (Å²) in [7, 11) is 1.92. The standard InChI is InChI=1S/C15H24N4O3/c1-3-12-16-17-13(22-12)9-19-6-4-15(5-7-19)8-11(14(20)21)18(2)10-15/h11H,3-10H2,1-2H3,(H,20,21). The number of piperidine rings is 1. The van der Waals surface area contributed by atoms with Gasteiger partial charge in [0.15, 0.2) is 0 Å². The highest BCUT2D eigenvalue weighted by Crippen LogP contribution is 2.42. The van der Waals surface area contributed by atoms with Crippen LogP contribution in [0.25, 0.3) is 0 Å². The summed E-state index contributed by atoms with van der Waals surface area (Å²) in [6.45, 7) is 5.51. The fourth-order valence-electron chi connectivity index (χ4n) is 3.78. The highest BCUT2D eigenvalue weighted by molar-refractivity contribution is 5.74. The first-order valence-corrected chi connectivity index (χ1v) is 7.98. The summed E-state index contributed by atoms with van der Waals surface area (Å²) in [5, 5.41) is 17.4. The topological polar surface area (TPSA) is 82.7 Å². The van der Waals surface area contributed by atoms with Gasteiger partial charge >= 0.3 is 5.97 Å². The highest BCUT2D eigenvalue weighted by atomic mass is 16.4. The van der Waals surface area contributed by atoms with Crippen molar-refractivity contribution in [3.05, 3.63) is 11.8 Å². The van der Waals surface area contributed by atoms with Crippen molar-refractivity contribution in [1.29, 1.82) is 0 Å². The normalized spacial score (nSPS) is 25.8. The first kappa shape index (κ1) is 15.4. The Bertz CT molecular complexity index is 537. The Balaban J connectivity index is 1.55. The van der Waals surface area contributed by atoms with Gasteiger partial charge in [0.25, 0.3) is 0 Å². The number of hydrogen-bond acceptors (Lipinski definition) is 6. The molecule has 1 aromatic rings. The molecule has 3 rings (SSSR count). The number of carboxylic acid groups (broad SMARTS) is 1. The van der Waals surface area contributed by atoms with Crippen LogP contribution in [0.4, 0.5) is 0 Å². The maximum Gasteiger partial charge on any atom is 0.320 e. The van der Waals surface area contributed by atoms with Gasteiger partial charge in [-0.25, -0.2) is 0 Å². The van der Waals surface area contributed by atoms with Gasteiger partial charge in [-0.1, -0.05) is 6.92 Å². The molecule has 0 aromatic carbocycles. The van der Waals surface area contributed by atoms with Crippen LogP contribution in [0.15, 0.2) is 4.42 Å². The van der Waals surface area contributed by atoms with Gasteiger partial charge in [0, 0.05) is 13.0 Å². The number of likely N-dealkylation sites (N-methyl/N-ethyl adjacent to an activating group) is 1. The van der Waals surface area contributed by atoms with Gasteiger partial charge in [-0.05, 0) is 44.8 Å². The maximum atomic E-state index is 11.3. The summed E-state index contributed by atoms with van der Waals surface area (Å²) >= 11 is 0. The number of aryl methyl sites for hydroxylation is 1. The van der Waals surface area contributed by atoms with Crippen LogP contribution in [0.5, 0.6) is 0 Å². The van der Waals surface area contributed by atoms with Crippen molar-refractivity contribution in [2.75, 3.05) is 26.7 Å². The second kappa shape index (κ2) is 5.96. The van der Waals surface area contributed by atoms with Gasteiger partial charge in [-0.2, -0.15) is 0 Å². The Labute approximate surface area is 130 Å². The lowest BCUT2D eigenvalue weighted by molar-refractivity contribution is -0.141. The lowest BCUT2D eigenvalue weighted by Crippen LogP contribution is -2.40. The molecule has 3 heterocycles. The number of likely N-dealkylation sites (tertiary alicyclic amines) is 2. The van der Waals surface area contributed by atoms with Crippen LogP contribution in [-0.2, 0) is 17.8 Å². The number of carbonyl (C=O) groups is 1. The third-order valence-corrected chi connectivity index (χ3v) is 5.12. The van der Waals surface area contributed by atoms with Crippen molar-refractivity contribution in [2.24, 2.45) is 5.41 Å². The van der Waals surface area contributed by atoms with Crippen LogP contribution in [-0.4, -0.2) is 63.8 Å². The molecule has 2 aliphatic rings. The van der Waals surface area contributed by atoms with E-state index in [1.807, 2.05) is 18.9 Å². The molecule has 1 N–H and O–H groups in total. The molecule has 2 saturated heterocycles. The van der Waals surface area contributed by atoms with Crippen LogP contribution in [0.2, 0.25) is 0 Å². The number of aliphatic carboxylic acids is 1. The molecule has 122 valence electrons. The summed E-state index contributed by atoms with van der Waals surface area (Å²) in [4.78, 5) is 15.6. The molecule has 7 nitrogen and oxygen atoms in total. The summed E-state index contributed by atoms with van der Waals surface area (Å²) in [5.41, 5.74) is 0.164. The molecule has 1 spiro atoms. The fourth-order valence-corrected chi connectivity index (χ4v) is 3.78. The van der Waals surface area contributed by atoms with E-state index in [-0.39, 0.29) is 11.5 Å². The van der Waals surface area contributed by atoms with E-state index in [1.54, 1.807) is 0 Å². The molecule has 7 heteroatoms. The van der Waals surface area contributed by atoms with Crippen LogP contribution in [0.1, 0.15) is 38.0 Å². The van der Waals surface area contributed by atoms with Crippen LogP contribution in [0.3, 0.4) is 0 Å². The van der Waals surface area contributed by atoms with E-state index in [0.717, 1.165) is 45.3 Å². The largest absolute Gasteiger partial charge is 0.480 e. The molecule has 2 aliphatic heterocycles. The number of carboxylic acids is 1. The SMILES string of the molecule is CCc1nnc(CN2CCC3(CC2)CC(C(=O)O)N(C)C3)o1. The second-order valence-electron chi connectivity index (χ2n) is 6.69. The number of nitrogens with zero attached hydrogens (tertiary/aromatic N) is 4. The van der Waals surface area contributed by atoms with Crippen molar-refractivity contribution in [3.63, 3.8) is 0 Å². The Morgan fingerprint density at radius 2 is 2.05 bits per heavy atom. The minimum atomic E-state index is -0.695. The van der Waals surface area contributed by atoms with E-state index >= 15 is 0 Å². The molecule has 22 heavy (non-hydrogen) atoms. The molecule has 2 fully saturated rings. The van der Waals surface area contributed by atoms with Crippen molar-refractivity contribution < 1.29 is 14.3 Å². The third kappa shape index (κ3) is 3.01. The molecule has 1 unspecified atom stereocenters. The van der Waals surface area contributed by atoms with E-state index < -0.39 is 5.97 Å². The van der Waals surface area contributed by atoms with Crippen molar-refractivity contribution in [2.45, 2.75) is 45.2 Å². The van der Waals surface area contributed by atoms with Crippen molar-refractivity contribution in [1.82, 2.24) is 20.0 Å². The van der Waals surface area contributed by atoms with Gasteiger partial charge in [0.1, 0.15) is 6.04 Å². The van der Waals surface area contributed by atoms with Crippen molar-refractivity contribution in [3.8, 4) is 0 Å². The molecule has 1 aromatic heterocycles. The van der Waals surface area contributed by atoms with E-state index in [9.17, 15) is 9.90 Å². The molecule has 0 amide bonds. The summed E-state index contributed by atoms with van der Waals surface area (Å²) in [6.07, 6.45) is 3.61. The predicted octanol–water partition coefficient (Wildman–Crippen LogP) is 1.00. The Kier molecular flexibility index (Phi) is 4.18. The molecule has 0 radical (unpaired) electrons. The summed E-state index contributed by atoms with van der Waals surface area (Å²) in [5.74, 6) is 0.671. The number of aromatic nitrogens is 2. The molecule has 0 saturated carbocycles. The fraction of sp³-hybridized carbons (Fsp3) is 0.800. The van der Waals surface area contributed by atoms with Gasteiger partial charge < -0.3 is 9.52 Å². The van der Waals surface area contributed by atoms with E-state index in [0.29, 0.717) is 18.3 Å². The van der Waals surface area contributed by atoms with Crippen LogP contribution < -0.4 is 0 Å². The van der Waals surface area contributed by atoms with Gasteiger partial charge in [0.2, 0.25) is 11.8 Å². The molecule has 1 atom stereocenters. The molecular formula is C15H24N4O3. The zero-order chi connectivity index (χ0) is 15.7. The minimum Gasteiger partial charge on any atom is -0.480 e. The van der Waals surface area contributed by atoms with Crippen LogP contribution >= 0.6 is 0 Å². The van der Waals surface area contributed by atoms with E-state index in [1.165, 1.54) is 0 Å². The molecule has 0 aliphatic carbocycles. The van der Waals surface area contributed by atoms with Crippen LogP contribution in [0, 0.1) is 5.41 Å². The zero-order valence-electron chi connectivity index (χ0n) is 13.3. The highest BCUT2D eigenvalue weighted by Gasteiger charge is 2.46. The van der Waals surface area contributed by atoms with Gasteiger partial charge in [-0.15, -0.1) is 10.2 Å². The quantitative estimate of drug-likeness (QED) is 0.888. The Morgan fingerprint density at radius 3 is 2.59 bits per heavy atom. The van der Waals surface area contributed by atoms with Gasteiger partial charge in [-0.3, -0.25) is 14.6 Å². The Hall–Kier alpha value is -1.47. The summed E-state index contributed by atoms with van der Waals surface area (Å²) < 4.78 is 5.57. The second-order valence-corrected chi connectivity index (χ2v) is 6.69. The van der Waals surface area contributed by atoms with Gasteiger partial charge in [0.05, 0.1) is 6.54 Å². The van der Waals surface area contributed by atoms with Crippen molar-refractivity contribution >= 4 is 5.97 Å². The first-order chi connectivity index (χ1) is 10.5. The number of rotatable bonds is 4. The van der Waals surface area contributed by atoms with E-state index in [2.05, 4.69) is 15.1 Å². The monoisotopic (exact) mass is 308 g/mol. The third-order valence-electron chi connectivity index (χ3n) is 5.12. The first-order valence-electron chi connectivity index (χ1n) is 7.98.